The molecule has 2 N–H and O–H groups in total. The van der Waals surface area contributed by atoms with E-state index in [4.69, 9.17) is 10.5 Å². The molecule has 1 atom stereocenters. The molecule has 0 aliphatic carbocycles. The number of amides is 1. The zero-order valence-corrected chi connectivity index (χ0v) is 16.4. The van der Waals surface area contributed by atoms with E-state index in [0.717, 1.165) is 12.2 Å². The molecule has 29 heavy (non-hydrogen) atoms. The lowest BCUT2D eigenvalue weighted by molar-refractivity contribution is -0.131. The van der Waals surface area contributed by atoms with Crippen LogP contribution in [-0.2, 0) is 17.8 Å². The fraction of sp³-hybridized carbons (Fsp3) is 0.273. The van der Waals surface area contributed by atoms with E-state index in [0.29, 0.717) is 25.3 Å². The van der Waals surface area contributed by atoms with Crippen LogP contribution in [0.4, 0.5) is 4.39 Å². The number of hydrogen-bond donors (Lipinski definition) is 1. The van der Waals surface area contributed by atoms with Gasteiger partial charge in [0.2, 0.25) is 5.91 Å². The number of ether oxygens (including phenoxy) is 1. The average molecular weight is 396 g/mol. The van der Waals surface area contributed by atoms with Gasteiger partial charge in [0.25, 0.3) is 0 Å². The van der Waals surface area contributed by atoms with E-state index in [1.165, 1.54) is 22.6 Å². The third-order valence-electron chi connectivity index (χ3n) is 4.53. The summed E-state index contributed by atoms with van der Waals surface area (Å²) in [5.41, 5.74) is 8.04. The smallest absolute Gasteiger partial charge is 0.239 e. The van der Waals surface area contributed by atoms with Crippen LogP contribution in [0.5, 0.6) is 5.75 Å². The molecule has 0 bridgehead atoms. The van der Waals surface area contributed by atoms with Gasteiger partial charge in [-0.15, -0.1) is 0 Å². The zero-order chi connectivity index (χ0) is 20.6. The molecule has 0 fully saturated rings. The average Bonchev–Trinajstić information content (AvgIpc) is 3.16. The maximum absolute atomic E-state index is 12.9. The predicted molar refractivity (Wildman–Crippen MR) is 109 cm³/mol. The molecule has 0 saturated heterocycles. The summed E-state index contributed by atoms with van der Waals surface area (Å²) in [7, 11) is 1.68. The molecule has 0 saturated carbocycles. The first kappa shape index (κ1) is 20.5. The molecule has 1 amide bonds. The molecular weight excluding hydrogens is 371 g/mol. The van der Waals surface area contributed by atoms with Crippen LogP contribution in [0.25, 0.3) is 0 Å². The normalized spacial score (nSPS) is 11.8. The van der Waals surface area contributed by atoms with Crippen LogP contribution >= 0.6 is 0 Å². The summed E-state index contributed by atoms with van der Waals surface area (Å²) in [5.74, 6) is 0.0626. The number of hydrogen-bond acceptors (Lipinski definition) is 4. The molecule has 1 aromatic heterocycles. The number of rotatable bonds is 9. The minimum atomic E-state index is -0.675. The molecule has 0 unspecified atom stereocenters. The van der Waals surface area contributed by atoms with Crippen molar-refractivity contribution in [2.24, 2.45) is 5.73 Å². The highest BCUT2D eigenvalue weighted by Gasteiger charge is 2.19. The summed E-state index contributed by atoms with van der Waals surface area (Å²) in [6.45, 7) is 1.40. The Balaban J connectivity index is 1.45. The second kappa shape index (κ2) is 9.84. The zero-order valence-electron chi connectivity index (χ0n) is 16.4. The molecule has 0 aliphatic heterocycles. The maximum Gasteiger partial charge on any atom is 0.239 e. The van der Waals surface area contributed by atoms with Gasteiger partial charge in [-0.05, 0) is 29.8 Å². The quantitative estimate of drug-likeness (QED) is 0.603. The lowest BCUT2D eigenvalue weighted by atomic mass is 10.1. The summed E-state index contributed by atoms with van der Waals surface area (Å²) in [5, 5.41) is 0. The van der Waals surface area contributed by atoms with Gasteiger partial charge in [0.15, 0.2) is 0 Å². The summed E-state index contributed by atoms with van der Waals surface area (Å²) >= 11 is 0. The molecule has 3 rings (SSSR count). The third kappa shape index (κ3) is 6.15. The summed E-state index contributed by atoms with van der Waals surface area (Å²) in [6, 6.07) is 15.2. The Labute approximate surface area is 169 Å². The number of carbonyl (C=O) groups excluding carboxylic acids is 1. The molecule has 0 aliphatic rings. The highest BCUT2D eigenvalue weighted by Crippen LogP contribution is 2.11. The van der Waals surface area contributed by atoms with E-state index in [1.54, 1.807) is 25.5 Å². The minimum Gasteiger partial charge on any atom is -0.492 e. The number of carbonyl (C=O) groups is 1. The number of aromatic nitrogens is 2. The fourth-order valence-corrected chi connectivity index (χ4v) is 2.93. The van der Waals surface area contributed by atoms with Crippen molar-refractivity contribution >= 4 is 5.91 Å². The van der Waals surface area contributed by atoms with Gasteiger partial charge >= 0.3 is 0 Å². The Morgan fingerprint density at radius 3 is 2.66 bits per heavy atom. The molecule has 0 radical (unpaired) electrons. The second-order valence-corrected chi connectivity index (χ2v) is 6.90. The van der Waals surface area contributed by atoms with Crippen molar-refractivity contribution in [1.82, 2.24) is 14.5 Å². The highest BCUT2D eigenvalue weighted by atomic mass is 19.1. The van der Waals surface area contributed by atoms with E-state index in [2.05, 4.69) is 17.1 Å². The van der Waals surface area contributed by atoms with Crippen molar-refractivity contribution in [3.8, 4) is 5.75 Å². The molecule has 0 spiro atoms. The van der Waals surface area contributed by atoms with Gasteiger partial charge < -0.3 is 19.9 Å². The first-order valence-electron chi connectivity index (χ1n) is 9.45. The van der Waals surface area contributed by atoms with Crippen molar-refractivity contribution in [1.29, 1.82) is 0 Å². The number of nitrogens with zero attached hydrogens (tertiary/aromatic N) is 3. The van der Waals surface area contributed by atoms with Gasteiger partial charge in [0.05, 0.1) is 24.6 Å². The van der Waals surface area contributed by atoms with E-state index in [-0.39, 0.29) is 11.7 Å². The van der Waals surface area contributed by atoms with E-state index in [1.807, 2.05) is 29.0 Å². The van der Waals surface area contributed by atoms with E-state index >= 15 is 0 Å². The van der Waals surface area contributed by atoms with Crippen molar-refractivity contribution in [2.45, 2.75) is 19.0 Å². The summed E-state index contributed by atoms with van der Waals surface area (Å²) in [6.07, 6.45) is 4.03. The number of benzene rings is 2. The Morgan fingerprint density at radius 2 is 1.93 bits per heavy atom. The van der Waals surface area contributed by atoms with Crippen molar-refractivity contribution in [2.75, 3.05) is 20.2 Å². The van der Waals surface area contributed by atoms with Crippen LogP contribution in [0.1, 0.15) is 11.3 Å². The van der Waals surface area contributed by atoms with E-state index < -0.39 is 6.04 Å². The van der Waals surface area contributed by atoms with Gasteiger partial charge in [0, 0.05) is 26.2 Å². The first-order valence-corrected chi connectivity index (χ1v) is 9.45. The van der Waals surface area contributed by atoms with Gasteiger partial charge in [0.1, 0.15) is 18.2 Å². The van der Waals surface area contributed by atoms with Crippen molar-refractivity contribution in [3.63, 3.8) is 0 Å². The van der Waals surface area contributed by atoms with Crippen molar-refractivity contribution in [3.05, 3.63) is 84.2 Å². The van der Waals surface area contributed by atoms with Crippen LogP contribution in [-0.4, -0.2) is 46.6 Å². The molecule has 6 nitrogen and oxygen atoms in total. The number of nitrogens with two attached hydrogens (primary N) is 1. The van der Waals surface area contributed by atoms with E-state index in [9.17, 15) is 9.18 Å². The van der Waals surface area contributed by atoms with Crippen LogP contribution in [0, 0.1) is 5.82 Å². The Bertz CT molecular complexity index is 912. The Hall–Kier alpha value is -3.19. The number of likely N-dealkylation sites (N-methyl/N-ethyl adjacent to an activating group) is 1. The molecule has 7 heteroatoms. The lowest BCUT2D eigenvalue weighted by Gasteiger charge is -2.21. The lowest BCUT2D eigenvalue weighted by Crippen LogP contribution is -2.44. The predicted octanol–water partition coefficient (Wildman–Crippen LogP) is 2.48. The number of halogens is 1. The fourth-order valence-electron chi connectivity index (χ4n) is 2.93. The number of imidazole rings is 1. The van der Waals surface area contributed by atoms with Crippen LogP contribution in [0.15, 0.2) is 67.1 Å². The largest absolute Gasteiger partial charge is 0.492 e. The minimum absolute atomic E-state index is 0.176. The molecule has 1 heterocycles. The molecular formula is C22H25FN4O2. The van der Waals surface area contributed by atoms with Gasteiger partial charge in [-0.1, -0.05) is 30.3 Å². The Kier molecular flexibility index (Phi) is 6.97. The standard InChI is InChI=1S/C22H25FN4O2/c1-26(11-12-29-20-9-7-18(23)8-10-20)22(28)21(24)13-19-15-27(16-25-19)14-17-5-3-2-4-6-17/h2-10,15-16,21H,11-14,24H2,1H3/t21-/m0/s1. The molecule has 3 aromatic rings. The highest BCUT2D eigenvalue weighted by molar-refractivity contribution is 5.81. The monoisotopic (exact) mass is 396 g/mol. The topological polar surface area (TPSA) is 73.4 Å². The Morgan fingerprint density at radius 1 is 1.21 bits per heavy atom. The van der Waals surface area contributed by atoms with Crippen LogP contribution in [0.3, 0.4) is 0 Å². The third-order valence-corrected chi connectivity index (χ3v) is 4.53. The van der Waals surface area contributed by atoms with Gasteiger partial charge in [-0.2, -0.15) is 0 Å². The molecule has 2 aromatic carbocycles. The first-order chi connectivity index (χ1) is 14.0. The maximum atomic E-state index is 12.9. The van der Waals surface area contributed by atoms with Gasteiger partial charge in [-0.25, -0.2) is 9.37 Å². The van der Waals surface area contributed by atoms with Gasteiger partial charge in [-0.3, -0.25) is 4.79 Å². The van der Waals surface area contributed by atoms with Crippen LogP contribution < -0.4 is 10.5 Å². The second-order valence-electron chi connectivity index (χ2n) is 6.90. The van der Waals surface area contributed by atoms with Crippen molar-refractivity contribution < 1.29 is 13.9 Å². The SMILES string of the molecule is CN(CCOc1ccc(F)cc1)C(=O)[C@@H](N)Cc1cn(Cc2ccccc2)cn1. The van der Waals surface area contributed by atoms with Crippen LogP contribution in [0.2, 0.25) is 0 Å². The molecule has 152 valence electrons. The summed E-state index contributed by atoms with van der Waals surface area (Å²) in [4.78, 5) is 18.4. The summed E-state index contributed by atoms with van der Waals surface area (Å²) < 4.78 is 20.4.